The first-order valence-electron chi connectivity index (χ1n) is 8.83. The summed E-state index contributed by atoms with van der Waals surface area (Å²) in [6.07, 6.45) is 3.91. The minimum absolute atomic E-state index is 0. The van der Waals surface area contributed by atoms with Crippen molar-refractivity contribution in [3.8, 4) is 0 Å². The van der Waals surface area contributed by atoms with Gasteiger partial charge in [0.15, 0.2) is 5.96 Å². The molecule has 1 N–H and O–H groups in total. The lowest BCUT2D eigenvalue weighted by Crippen LogP contribution is -2.52. The summed E-state index contributed by atoms with van der Waals surface area (Å²) in [6.45, 7) is 9.11. The fourth-order valence-corrected chi connectivity index (χ4v) is 3.31. The summed E-state index contributed by atoms with van der Waals surface area (Å²) in [5.41, 5.74) is 5.26. The molecule has 7 heteroatoms. The molecular weight excluding hydrogens is 439 g/mol. The average Bonchev–Trinajstić information content (AvgIpc) is 3.04. The van der Waals surface area contributed by atoms with Crippen molar-refractivity contribution in [2.45, 2.75) is 20.4 Å². The van der Waals surface area contributed by atoms with Crippen LogP contribution in [-0.2, 0) is 13.6 Å². The Balaban J connectivity index is 0.00000243. The van der Waals surface area contributed by atoms with Gasteiger partial charge < -0.3 is 15.1 Å². The second kappa shape index (κ2) is 9.25. The molecule has 0 unspecified atom stereocenters. The van der Waals surface area contributed by atoms with E-state index in [1.54, 1.807) is 0 Å². The zero-order valence-corrected chi connectivity index (χ0v) is 18.4. The summed E-state index contributed by atoms with van der Waals surface area (Å²) < 4.78 is 1.82. The van der Waals surface area contributed by atoms with Crippen LogP contribution in [0.1, 0.15) is 16.7 Å². The number of nitrogens with zero attached hydrogens (tertiary/aromatic N) is 5. The molecule has 3 rings (SSSR count). The van der Waals surface area contributed by atoms with E-state index in [2.05, 4.69) is 57.3 Å². The van der Waals surface area contributed by atoms with Crippen molar-refractivity contribution in [1.82, 2.24) is 20.0 Å². The predicted octanol–water partition coefficient (Wildman–Crippen LogP) is 2.55. The van der Waals surface area contributed by atoms with E-state index >= 15 is 0 Å². The normalized spacial score (nSPS) is 15.0. The number of piperazine rings is 1. The summed E-state index contributed by atoms with van der Waals surface area (Å²) in [7, 11) is 3.79. The molecule has 1 aromatic carbocycles. The van der Waals surface area contributed by atoms with Crippen LogP contribution < -0.4 is 10.2 Å². The average molecular weight is 468 g/mol. The maximum absolute atomic E-state index is 4.45. The Hall–Kier alpha value is -1.77. The van der Waals surface area contributed by atoms with Gasteiger partial charge in [0.1, 0.15) is 0 Å². The Bertz CT molecular complexity index is 746. The summed E-state index contributed by atoms with van der Waals surface area (Å²) in [6, 6.07) is 6.56. The van der Waals surface area contributed by atoms with Gasteiger partial charge in [-0.1, -0.05) is 12.1 Å². The largest absolute Gasteiger partial charge is 0.368 e. The molecule has 0 spiro atoms. The van der Waals surface area contributed by atoms with Crippen LogP contribution in [0.15, 0.2) is 35.6 Å². The second-order valence-electron chi connectivity index (χ2n) is 6.62. The first-order chi connectivity index (χ1) is 12.1. The van der Waals surface area contributed by atoms with Crippen molar-refractivity contribution < 1.29 is 0 Å². The summed E-state index contributed by atoms with van der Waals surface area (Å²) in [5.74, 6) is 0.962. The highest BCUT2D eigenvalue weighted by Gasteiger charge is 2.21. The van der Waals surface area contributed by atoms with Gasteiger partial charge in [-0.25, -0.2) is 0 Å². The monoisotopic (exact) mass is 468 g/mol. The molecule has 142 valence electrons. The third-order valence-electron chi connectivity index (χ3n) is 4.92. The smallest absolute Gasteiger partial charge is 0.194 e. The number of hydrogen-bond acceptors (Lipinski definition) is 3. The Morgan fingerprint density at radius 3 is 2.54 bits per heavy atom. The van der Waals surface area contributed by atoms with E-state index in [1.165, 1.54) is 16.8 Å². The lowest BCUT2D eigenvalue weighted by Gasteiger charge is -2.38. The van der Waals surface area contributed by atoms with Crippen molar-refractivity contribution in [2.24, 2.45) is 12.0 Å². The summed E-state index contributed by atoms with van der Waals surface area (Å²) in [5, 5.41) is 7.66. The third kappa shape index (κ3) is 4.69. The third-order valence-corrected chi connectivity index (χ3v) is 4.92. The number of aromatic nitrogens is 2. The highest BCUT2D eigenvalue weighted by molar-refractivity contribution is 14.0. The molecule has 0 saturated carbocycles. The maximum Gasteiger partial charge on any atom is 0.194 e. The number of hydrogen-bond donors (Lipinski definition) is 1. The van der Waals surface area contributed by atoms with E-state index in [1.807, 2.05) is 31.2 Å². The highest BCUT2D eigenvalue weighted by atomic mass is 127. The number of rotatable bonds is 3. The van der Waals surface area contributed by atoms with Gasteiger partial charge in [0.25, 0.3) is 0 Å². The first kappa shape index (κ1) is 20.5. The molecule has 1 aliphatic heterocycles. The summed E-state index contributed by atoms with van der Waals surface area (Å²) >= 11 is 0. The zero-order chi connectivity index (χ0) is 17.8. The lowest BCUT2D eigenvalue weighted by atomic mass is 10.1. The van der Waals surface area contributed by atoms with Crippen LogP contribution in [0.3, 0.4) is 0 Å². The van der Waals surface area contributed by atoms with Crippen LogP contribution >= 0.6 is 24.0 Å². The number of benzene rings is 1. The molecule has 1 aromatic heterocycles. The number of halogens is 1. The molecule has 0 atom stereocenters. The Labute approximate surface area is 173 Å². The molecular formula is C19H29IN6. The van der Waals surface area contributed by atoms with Crippen molar-refractivity contribution in [1.29, 1.82) is 0 Å². The van der Waals surface area contributed by atoms with Gasteiger partial charge in [-0.15, -0.1) is 24.0 Å². The predicted molar refractivity (Wildman–Crippen MR) is 119 cm³/mol. The van der Waals surface area contributed by atoms with Gasteiger partial charge in [-0.3, -0.25) is 9.67 Å². The molecule has 26 heavy (non-hydrogen) atoms. The molecule has 1 saturated heterocycles. The van der Waals surface area contributed by atoms with E-state index in [4.69, 9.17) is 0 Å². The first-order valence-corrected chi connectivity index (χ1v) is 8.83. The van der Waals surface area contributed by atoms with Crippen LogP contribution in [-0.4, -0.2) is 53.9 Å². The van der Waals surface area contributed by atoms with Crippen molar-refractivity contribution in [3.05, 3.63) is 47.3 Å². The van der Waals surface area contributed by atoms with Gasteiger partial charge >= 0.3 is 0 Å². The van der Waals surface area contributed by atoms with Gasteiger partial charge in [0.2, 0.25) is 0 Å². The molecule has 0 amide bonds. The van der Waals surface area contributed by atoms with E-state index < -0.39 is 0 Å². The number of aliphatic imine (C=N–C) groups is 1. The standard InChI is InChI=1S/C19H28N6.HI/c1-15-6-5-7-18(16(15)2)24-8-10-25(11-9-24)19(20-3)21-12-17-13-22-23(4)14-17;/h5-7,13-14H,8-12H2,1-4H3,(H,20,21);1H. The molecule has 0 radical (unpaired) electrons. The van der Waals surface area contributed by atoms with E-state index in [0.717, 1.165) is 44.2 Å². The minimum Gasteiger partial charge on any atom is -0.368 e. The molecule has 2 heterocycles. The van der Waals surface area contributed by atoms with Crippen molar-refractivity contribution in [2.75, 3.05) is 38.1 Å². The highest BCUT2D eigenvalue weighted by Crippen LogP contribution is 2.23. The van der Waals surface area contributed by atoms with Gasteiger partial charge in [0, 0.05) is 64.3 Å². The van der Waals surface area contributed by atoms with Crippen LogP contribution in [0.25, 0.3) is 0 Å². The van der Waals surface area contributed by atoms with Crippen LogP contribution in [0.2, 0.25) is 0 Å². The molecule has 1 aliphatic rings. The Kier molecular flexibility index (Phi) is 7.31. The Morgan fingerprint density at radius 1 is 1.19 bits per heavy atom. The number of nitrogens with one attached hydrogen (secondary N) is 1. The Morgan fingerprint density at radius 2 is 1.92 bits per heavy atom. The van der Waals surface area contributed by atoms with Gasteiger partial charge in [-0.2, -0.15) is 5.10 Å². The van der Waals surface area contributed by atoms with Crippen molar-refractivity contribution in [3.63, 3.8) is 0 Å². The molecule has 0 aliphatic carbocycles. The van der Waals surface area contributed by atoms with E-state index in [9.17, 15) is 0 Å². The van der Waals surface area contributed by atoms with Gasteiger partial charge in [0.05, 0.1) is 6.20 Å². The minimum atomic E-state index is 0. The SMILES string of the molecule is CN=C(NCc1cnn(C)c1)N1CCN(c2cccc(C)c2C)CC1.I. The van der Waals surface area contributed by atoms with E-state index in [-0.39, 0.29) is 24.0 Å². The quantitative estimate of drug-likeness (QED) is 0.428. The molecule has 0 bridgehead atoms. The zero-order valence-electron chi connectivity index (χ0n) is 16.1. The van der Waals surface area contributed by atoms with Crippen LogP contribution in [0, 0.1) is 13.8 Å². The number of guanidine groups is 1. The lowest BCUT2D eigenvalue weighted by molar-refractivity contribution is 0.372. The van der Waals surface area contributed by atoms with Crippen LogP contribution in [0.4, 0.5) is 5.69 Å². The fourth-order valence-electron chi connectivity index (χ4n) is 3.31. The fraction of sp³-hybridized carbons (Fsp3) is 0.474. The van der Waals surface area contributed by atoms with Crippen LogP contribution in [0.5, 0.6) is 0 Å². The summed E-state index contributed by atoms with van der Waals surface area (Å²) in [4.78, 5) is 9.26. The van der Waals surface area contributed by atoms with Gasteiger partial charge in [-0.05, 0) is 31.0 Å². The topological polar surface area (TPSA) is 48.7 Å². The molecule has 2 aromatic rings. The molecule has 6 nitrogen and oxygen atoms in total. The number of anilines is 1. The second-order valence-corrected chi connectivity index (χ2v) is 6.62. The van der Waals surface area contributed by atoms with Crippen molar-refractivity contribution >= 4 is 35.6 Å². The molecule has 1 fully saturated rings. The maximum atomic E-state index is 4.45. The van der Waals surface area contributed by atoms with E-state index in [0.29, 0.717) is 0 Å². The number of aryl methyl sites for hydroxylation is 2.